The summed E-state index contributed by atoms with van der Waals surface area (Å²) < 4.78 is 5.70. The Kier molecular flexibility index (Phi) is 5.99. The van der Waals surface area contributed by atoms with Crippen LogP contribution in [-0.2, 0) is 16.2 Å². The van der Waals surface area contributed by atoms with Crippen LogP contribution in [0.5, 0.6) is 5.75 Å². The van der Waals surface area contributed by atoms with Crippen molar-refractivity contribution in [1.82, 2.24) is 5.43 Å². The lowest BCUT2D eigenvalue weighted by Gasteiger charge is -2.14. The van der Waals surface area contributed by atoms with Crippen molar-refractivity contribution in [2.24, 2.45) is 0 Å². The van der Waals surface area contributed by atoms with Crippen LogP contribution >= 0.6 is 0 Å². The zero-order valence-corrected chi connectivity index (χ0v) is 17.4. The Bertz CT molecular complexity index is 1320. The Balaban J connectivity index is 1.65. The first kappa shape index (κ1) is 22.1. The number of nitrogens with one attached hydrogen (secondary N) is 1. The number of hydrogen-bond donors (Lipinski definition) is 1. The Hall–Kier alpha value is -5.06. The molecule has 0 radical (unpaired) electrons. The first-order valence-corrected chi connectivity index (χ1v) is 9.91. The van der Waals surface area contributed by atoms with E-state index < -0.39 is 21.7 Å². The number of hydrogen-bond acceptors (Lipinski definition) is 7. The van der Waals surface area contributed by atoms with E-state index >= 15 is 0 Å². The summed E-state index contributed by atoms with van der Waals surface area (Å²) in [6, 6.07) is 18.1. The van der Waals surface area contributed by atoms with Crippen LogP contribution in [-0.4, -0.2) is 21.7 Å². The molecule has 3 aromatic rings. The fraction of sp³-hybridized carbons (Fsp3) is 0.0435. The van der Waals surface area contributed by atoms with Crippen LogP contribution < -0.4 is 15.2 Å². The highest BCUT2D eigenvalue weighted by Crippen LogP contribution is 2.34. The van der Waals surface area contributed by atoms with Crippen molar-refractivity contribution in [2.75, 3.05) is 5.01 Å². The highest BCUT2D eigenvalue weighted by atomic mass is 16.6. The zero-order valence-electron chi connectivity index (χ0n) is 17.4. The van der Waals surface area contributed by atoms with Crippen molar-refractivity contribution < 1.29 is 24.2 Å². The van der Waals surface area contributed by atoms with Gasteiger partial charge in [-0.15, -0.1) is 0 Å². The third kappa shape index (κ3) is 4.43. The van der Waals surface area contributed by atoms with Crippen molar-refractivity contribution in [1.29, 1.82) is 0 Å². The summed E-state index contributed by atoms with van der Waals surface area (Å²) in [5, 5.41) is 23.5. The molecule has 0 aromatic heterocycles. The number of nitrogens with zero attached hydrogens (tertiary/aromatic N) is 3. The van der Waals surface area contributed by atoms with E-state index in [1.54, 1.807) is 30.3 Å². The van der Waals surface area contributed by atoms with E-state index in [1.807, 2.05) is 0 Å². The van der Waals surface area contributed by atoms with Crippen LogP contribution in [0.1, 0.15) is 11.1 Å². The van der Waals surface area contributed by atoms with Gasteiger partial charge in [-0.05, 0) is 35.9 Å². The molecule has 1 aliphatic heterocycles. The molecule has 1 heterocycles. The summed E-state index contributed by atoms with van der Waals surface area (Å²) in [5.41, 5.74) is 2.93. The zero-order chi connectivity index (χ0) is 24.2. The third-order valence-electron chi connectivity index (χ3n) is 4.96. The molecule has 0 spiro atoms. The standard InChI is InChI=1S/C23H16N4O7/c28-22-19(23(29)25(24-22)17-6-2-1-3-7-17)13-16-5-4-8-20(27(32)33)21(16)34-14-15-9-11-18(12-10-15)26(30)31/h1-13H,14H2,(H,24,28). The Labute approximate surface area is 192 Å². The van der Waals surface area contributed by atoms with Crippen molar-refractivity contribution in [3.05, 3.63) is 110 Å². The van der Waals surface area contributed by atoms with Crippen molar-refractivity contribution in [2.45, 2.75) is 6.61 Å². The van der Waals surface area contributed by atoms with Gasteiger partial charge in [0.15, 0.2) is 0 Å². The molecule has 1 aliphatic rings. The predicted molar refractivity (Wildman–Crippen MR) is 121 cm³/mol. The number of nitro benzene ring substituents is 2. The molecule has 1 N–H and O–H groups in total. The third-order valence-corrected chi connectivity index (χ3v) is 4.96. The highest BCUT2D eigenvalue weighted by molar-refractivity contribution is 6.31. The van der Waals surface area contributed by atoms with Gasteiger partial charge in [-0.1, -0.05) is 30.3 Å². The van der Waals surface area contributed by atoms with Crippen LogP contribution in [0.3, 0.4) is 0 Å². The van der Waals surface area contributed by atoms with E-state index in [4.69, 9.17) is 4.74 Å². The molecular formula is C23H16N4O7. The summed E-state index contributed by atoms with van der Waals surface area (Å²) in [5.74, 6) is -1.43. The molecule has 0 unspecified atom stereocenters. The van der Waals surface area contributed by atoms with E-state index in [0.29, 0.717) is 11.3 Å². The molecule has 11 nitrogen and oxygen atoms in total. The van der Waals surface area contributed by atoms with E-state index in [0.717, 1.165) is 5.01 Å². The fourth-order valence-electron chi connectivity index (χ4n) is 3.30. The quantitative estimate of drug-likeness (QED) is 0.246. The summed E-state index contributed by atoms with van der Waals surface area (Å²) in [7, 11) is 0. The lowest BCUT2D eigenvalue weighted by atomic mass is 10.1. The van der Waals surface area contributed by atoms with E-state index in [1.165, 1.54) is 48.5 Å². The maximum absolute atomic E-state index is 12.9. The van der Waals surface area contributed by atoms with Gasteiger partial charge in [0.25, 0.3) is 17.5 Å². The summed E-state index contributed by atoms with van der Waals surface area (Å²) in [6.07, 6.45) is 1.23. The van der Waals surface area contributed by atoms with Gasteiger partial charge in [-0.3, -0.25) is 35.2 Å². The largest absolute Gasteiger partial charge is 0.482 e. The minimum absolute atomic E-state index is 0.103. The number of hydrazine groups is 1. The number of ether oxygens (including phenoxy) is 1. The van der Waals surface area contributed by atoms with Gasteiger partial charge in [0.2, 0.25) is 5.75 Å². The minimum Gasteiger partial charge on any atom is -0.482 e. The van der Waals surface area contributed by atoms with Gasteiger partial charge in [-0.2, -0.15) is 0 Å². The van der Waals surface area contributed by atoms with E-state index in [-0.39, 0.29) is 34.9 Å². The molecule has 0 atom stereocenters. The molecular weight excluding hydrogens is 444 g/mol. The molecule has 0 aliphatic carbocycles. The average Bonchev–Trinajstić information content (AvgIpc) is 3.12. The van der Waals surface area contributed by atoms with Crippen molar-refractivity contribution in [3.8, 4) is 5.75 Å². The molecule has 34 heavy (non-hydrogen) atoms. The van der Waals surface area contributed by atoms with Crippen LogP contribution in [0, 0.1) is 20.2 Å². The van der Waals surface area contributed by atoms with Gasteiger partial charge in [0.05, 0.1) is 15.5 Å². The van der Waals surface area contributed by atoms with Crippen LogP contribution in [0.15, 0.2) is 78.4 Å². The number of rotatable bonds is 7. The smallest absolute Gasteiger partial charge is 0.311 e. The van der Waals surface area contributed by atoms with Gasteiger partial charge in [0, 0.05) is 23.8 Å². The Morgan fingerprint density at radius 3 is 2.24 bits per heavy atom. The maximum atomic E-state index is 12.9. The SMILES string of the molecule is O=C1NN(c2ccccc2)C(=O)C1=Cc1cccc([N+](=O)[O-])c1OCc1ccc([N+](=O)[O-])cc1. The molecule has 1 fully saturated rings. The second-order valence-electron chi connectivity index (χ2n) is 7.14. The van der Waals surface area contributed by atoms with Gasteiger partial charge < -0.3 is 4.74 Å². The fourth-order valence-corrected chi connectivity index (χ4v) is 3.30. The number of carbonyl (C=O) groups excluding carboxylic acids is 2. The molecule has 3 aromatic carbocycles. The van der Waals surface area contributed by atoms with Gasteiger partial charge in [-0.25, -0.2) is 5.01 Å². The minimum atomic E-state index is -0.665. The molecule has 2 amide bonds. The van der Waals surface area contributed by atoms with Crippen LogP contribution in [0.25, 0.3) is 6.08 Å². The molecule has 0 bridgehead atoms. The first-order valence-electron chi connectivity index (χ1n) is 9.91. The second-order valence-corrected chi connectivity index (χ2v) is 7.14. The molecule has 0 saturated carbocycles. The van der Waals surface area contributed by atoms with Crippen molar-refractivity contribution >= 4 is 35.0 Å². The monoisotopic (exact) mass is 460 g/mol. The number of nitro groups is 2. The van der Waals surface area contributed by atoms with Gasteiger partial charge in [0.1, 0.15) is 12.2 Å². The van der Waals surface area contributed by atoms with Crippen LogP contribution in [0.4, 0.5) is 17.1 Å². The van der Waals surface area contributed by atoms with Crippen molar-refractivity contribution in [3.63, 3.8) is 0 Å². The molecule has 170 valence electrons. The second kappa shape index (κ2) is 9.20. The summed E-state index contributed by atoms with van der Waals surface area (Å²) >= 11 is 0. The number of non-ortho nitro benzene ring substituents is 1. The first-order chi connectivity index (χ1) is 16.3. The van der Waals surface area contributed by atoms with E-state index in [9.17, 15) is 29.8 Å². The van der Waals surface area contributed by atoms with Crippen LogP contribution in [0.2, 0.25) is 0 Å². The molecule has 4 rings (SSSR count). The lowest BCUT2D eigenvalue weighted by Crippen LogP contribution is -2.35. The number of benzene rings is 3. The highest BCUT2D eigenvalue weighted by Gasteiger charge is 2.35. The normalized spacial score (nSPS) is 14.2. The number of anilines is 1. The maximum Gasteiger partial charge on any atom is 0.311 e. The summed E-state index contributed by atoms with van der Waals surface area (Å²) in [4.78, 5) is 46.6. The number of amides is 2. The average molecular weight is 460 g/mol. The summed E-state index contributed by atoms with van der Waals surface area (Å²) in [6.45, 7) is -0.130. The molecule has 11 heteroatoms. The number of carbonyl (C=O) groups is 2. The van der Waals surface area contributed by atoms with E-state index in [2.05, 4.69) is 5.43 Å². The Morgan fingerprint density at radius 1 is 0.882 bits per heavy atom. The lowest BCUT2D eigenvalue weighted by molar-refractivity contribution is -0.386. The van der Waals surface area contributed by atoms with Gasteiger partial charge >= 0.3 is 5.69 Å². The molecule has 1 saturated heterocycles. The topological polar surface area (TPSA) is 145 Å². The Morgan fingerprint density at radius 2 is 1.59 bits per heavy atom. The predicted octanol–water partition coefficient (Wildman–Crippen LogP) is 3.54. The number of para-hydroxylation sites is 2.